The summed E-state index contributed by atoms with van der Waals surface area (Å²) in [6, 6.07) is 6.08. The summed E-state index contributed by atoms with van der Waals surface area (Å²) in [5.41, 5.74) is 0. The fourth-order valence-electron chi connectivity index (χ4n) is 2.31. The molecular formula is C16H18ClNO4. The maximum atomic E-state index is 12.1. The highest BCUT2D eigenvalue weighted by molar-refractivity contribution is 6.32. The maximum Gasteiger partial charge on any atom is 0.326 e. The third-order valence-electron chi connectivity index (χ3n) is 3.33. The predicted molar refractivity (Wildman–Crippen MR) is 82.8 cm³/mol. The first-order valence-electron chi connectivity index (χ1n) is 7.05. The van der Waals surface area contributed by atoms with Crippen LogP contribution in [-0.4, -0.2) is 34.5 Å². The zero-order chi connectivity index (χ0) is 16.3. The molecule has 1 aliphatic heterocycles. The number of carboxylic acid groups (broad SMARTS) is 1. The van der Waals surface area contributed by atoms with Crippen molar-refractivity contribution < 1.29 is 19.4 Å². The Labute approximate surface area is 134 Å². The van der Waals surface area contributed by atoms with Gasteiger partial charge in [0.25, 0.3) is 5.91 Å². The first-order valence-corrected chi connectivity index (χ1v) is 7.42. The van der Waals surface area contributed by atoms with Crippen LogP contribution in [0, 0.1) is 5.92 Å². The number of halogens is 1. The standard InChI is InChI=1S/C16H18ClNO4/c1-10(2)7-13(16(20)21)18-9-11(8-15(18)19)22-14-6-4-3-5-12(14)17/h3-6,8,10,13H,7,9H2,1-2H3,(H,20,21). The lowest BCUT2D eigenvalue weighted by molar-refractivity contribution is -0.148. The lowest BCUT2D eigenvalue weighted by Gasteiger charge is -2.25. The fourth-order valence-corrected chi connectivity index (χ4v) is 2.49. The van der Waals surface area contributed by atoms with E-state index in [2.05, 4.69) is 0 Å². The molecule has 0 bridgehead atoms. The summed E-state index contributed by atoms with van der Waals surface area (Å²) >= 11 is 6.01. The topological polar surface area (TPSA) is 66.8 Å². The number of carbonyl (C=O) groups excluding carboxylic acids is 1. The molecule has 1 aliphatic rings. The van der Waals surface area contributed by atoms with Crippen LogP contribution in [0.15, 0.2) is 36.1 Å². The van der Waals surface area contributed by atoms with E-state index in [1.54, 1.807) is 24.3 Å². The second-order valence-electron chi connectivity index (χ2n) is 5.59. The Morgan fingerprint density at radius 1 is 1.41 bits per heavy atom. The molecule has 1 heterocycles. The molecule has 0 spiro atoms. The molecule has 118 valence electrons. The van der Waals surface area contributed by atoms with Gasteiger partial charge in [-0.3, -0.25) is 4.79 Å². The average molecular weight is 324 g/mol. The molecule has 1 amide bonds. The molecule has 0 saturated carbocycles. The van der Waals surface area contributed by atoms with Crippen LogP contribution in [0.25, 0.3) is 0 Å². The molecule has 6 heteroatoms. The van der Waals surface area contributed by atoms with E-state index in [0.29, 0.717) is 23.0 Å². The van der Waals surface area contributed by atoms with Gasteiger partial charge in [0.2, 0.25) is 0 Å². The van der Waals surface area contributed by atoms with Crippen molar-refractivity contribution in [3.63, 3.8) is 0 Å². The highest BCUT2D eigenvalue weighted by atomic mass is 35.5. The summed E-state index contributed by atoms with van der Waals surface area (Å²) in [6.07, 6.45) is 1.72. The predicted octanol–water partition coefficient (Wildman–Crippen LogP) is 2.94. The number of aliphatic carboxylic acids is 1. The third kappa shape index (κ3) is 3.80. The highest BCUT2D eigenvalue weighted by Crippen LogP contribution is 2.27. The van der Waals surface area contributed by atoms with Crippen LogP contribution in [0.3, 0.4) is 0 Å². The van der Waals surface area contributed by atoms with E-state index < -0.39 is 12.0 Å². The van der Waals surface area contributed by atoms with E-state index in [1.807, 2.05) is 13.8 Å². The zero-order valence-corrected chi connectivity index (χ0v) is 13.2. The average Bonchev–Trinajstić information content (AvgIpc) is 2.79. The van der Waals surface area contributed by atoms with Crippen molar-refractivity contribution in [2.45, 2.75) is 26.3 Å². The number of ether oxygens (including phenoxy) is 1. The van der Waals surface area contributed by atoms with Gasteiger partial charge in [0, 0.05) is 6.08 Å². The van der Waals surface area contributed by atoms with Gasteiger partial charge in [0.1, 0.15) is 17.6 Å². The monoisotopic (exact) mass is 323 g/mol. The molecular weight excluding hydrogens is 306 g/mol. The SMILES string of the molecule is CC(C)CC(C(=O)O)N1CC(Oc2ccccc2Cl)=CC1=O. The number of nitrogens with zero attached hydrogens (tertiary/aromatic N) is 1. The lowest BCUT2D eigenvalue weighted by atomic mass is 10.0. The summed E-state index contributed by atoms with van der Waals surface area (Å²) in [5, 5.41) is 9.78. The van der Waals surface area contributed by atoms with E-state index >= 15 is 0 Å². The van der Waals surface area contributed by atoms with Crippen LogP contribution in [-0.2, 0) is 9.59 Å². The van der Waals surface area contributed by atoms with Crippen molar-refractivity contribution in [1.29, 1.82) is 0 Å². The first-order chi connectivity index (χ1) is 10.4. The molecule has 1 unspecified atom stereocenters. The van der Waals surface area contributed by atoms with Crippen molar-refractivity contribution in [3.8, 4) is 5.75 Å². The summed E-state index contributed by atoms with van der Waals surface area (Å²) in [5.74, 6) is -0.346. The Morgan fingerprint density at radius 2 is 2.09 bits per heavy atom. The number of hydrogen-bond donors (Lipinski definition) is 1. The molecule has 0 fully saturated rings. The van der Waals surface area contributed by atoms with Crippen molar-refractivity contribution >= 4 is 23.5 Å². The Hall–Kier alpha value is -2.01. The van der Waals surface area contributed by atoms with Gasteiger partial charge in [-0.2, -0.15) is 0 Å². The van der Waals surface area contributed by atoms with Crippen molar-refractivity contribution in [1.82, 2.24) is 4.90 Å². The highest BCUT2D eigenvalue weighted by Gasteiger charge is 2.34. The quantitative estimate of drug-likeness (QED) is 0.874. The third-order valence-corrected chi connectivity index (χ3v) is 3.64. The smallest absolute Gasteiger partial charge is 0.326 e. The molecule has 1 atom stereocenters. The minimum Gasteiger partial charge on any atom is -0.480 e. The largest absolute Gasteiger partial charge is 0.480 e. The Morgan fingerprint density at radius 3 is 2.68 bits per heavy atom. The molecule has 0 saturated heterocycles. The number of hydrogen-bond acceptors (Lipinski definition) is 3. The van der Waals surface area contributed by atoms with E-state index in [-0.39, 0.29) is 18.4 Å². The molecule has 1 N–H and O–H groups in total. The van der Waals surface area contributed by atoms with E-state index in [9.17, 15) is 14.7 Å². The van der Waals surface area contributed by atoms with Gasteiger partial charge in [0.15, 0.2) is 0 Å². The number of carboxylic acids is 1. The Kier molecular flexibility index (Phi) is 5.08. The molecule has 22 heavy (non-hydrogen) atoms. The summed E-state index contributed by atoms with van der Waals surface area (Å²) in [4.78, 5) is 24.8. The normalized spacial score (nSPS) is 15.9. The summed E-state index contributed by atoms with van der Waals surface area (Å²) in [7, 11) is 0. The van der Waals surface area contributed by atoms with Gasteiger partial charge >= 0.3 is 5.97 Å². The van der Waals surface area contributed by atoms with Crippen molar-refractivity contribution in [2.24, 2.45) is 5.92 Å². The summed E-state index contributed by atoms with van der Waals surface area (Å²) in [6.45, 7) is 3.98. The van der Waals surface area contributed by atoms with Crippen molar-refractivity contribution in [3.05, 3.63) is 41.1 Å². The van der Waals surface area contributed by atoms with Crippen LogP contribution in [0.2, 0.25) is 5.02 Å². The number of benzene rings is 1. The number of para-hydroxylation sites is 1. The van der Waals surface area contributed by atoms with Gasteiger partial charge in [-0.15, -0.1) is 0 Å². The molecule has 5 nitrogen and oxygen atoms in total. The van der Waals surface area contributed by atoms with E-state index in [1.165, 1.54) is 11.0 Å². The molecule has 0 aromatic heterocycles. The second-order valence-corrected chi connectivity index (χ2v) is 6.00. The van der Waals surface area contributed by atoms with Crippen LogP contribution in [0.1, 0.15) is 20.3 Å². The van der Waals surface area contributed by atoms with Crippen LogP contribution < -0.4 is 4.74 Å². The second kappa shape index (κ2) is 6.83. The molecule has 2 rings (SSSR count). The van der Waals surface area contributed by atoms with Gasteiger partial charge in [-0.1, -0.05) is 37.6 Å². The first kappa shape index (κ1) is 16.4. The fraction of sp³-hybridized carbons (Fsp3) is 0.375. The Bertz CT molecular complexity index is 612. The van der Waals surface area contributed by atoms with E-state index in [4.69, 9.17) is 16.3 Å². The summed E-state index contributed by atoms with van der Waals surface area (Å²) < 4.78 is 5.62. The van der Waals surface area contributed by atoms with Gasteiger partial charge in [-0.25, -0.2) is 4.79 Å². The molecule has 0 aliphatic carbocycles. The maximum absolute atomic E-state index is 12.1. The van der Waals surface area contributed by atoms with Crippen LogP contribution >= 0.6 is 11.6 Å². The van der Waals surface area contributed by atoms with E-state index in [0.717, 1.165) is 0 Å². The van der Waals surface area contributed by atoms with Gasteiger partial charge < -0.3 is 14.7 Å². The molecule has 1 aromatic carbocycles. The van der Waals surface area contributed by atoms with Crippen LogP contribution in [0.4, 0.5) is 0 Å². The minimum atomic E-state index is -1.01. The molecule has 0 radical (unpaired) electrons. The Balaban J connectivity index is 2.10. The molecule has 1 aromatic rings. The number of rotatable bonds is 6. The van der Waals surface area contributed by atoms with Gasteiger partial charge in [0.05, 0.1) is 11.6 Å². The van der Waals surface area contributed by atoms with Crippen molar-refractivity contribution in [2.75, 3.05) is 6.54 Å². The number of carbonyl (C=O) groups is 2. The zero-order valence-electron chi connectivity index (χ0n) is 12.5. The minimum absolute atomic E-state index is 0.133. The van der Waals surface area contributed by atoms with Crippen LogP contribution in [0.5, 0.6) is 5.75 Å². The number of amides is 1. The lowest BCUT2D eigenvalue weighted by Crippen LogP contribution is -2.43. The van der Waals surface area contributed by atoms with Gasteiger partial charge in [-0.05, 0) is 24.5 Å².